The van der Waals surface area contributed by atoms with Crippen LogP contribution in [0.5, 0.6) is 0 Å². The van der Waals surface area contributed by atoms with Crippen LogP contribution in [0, 0.1) is 34.6 Å². The number of rotatable bonds is 6. The van der Waals surface area contributed by atoms with E-state index < -0.39 is 0 Å². The van der Waals surface area contributed by atoms with Gasteiger partial charge < -0.3 is 17.7 Å². The molecule has 12 nitrogen and oxygen atoms in total. The van der Waals surface area contributed by atoms with Gasteiger partial charge in [0, 0.05) is 116 Å². The molecule has 0 aliphatic heterocycles. The Balaban J connectivity index is 0.000000103. The normalized spacial score (nSPS) is 13.7. The molecule has 2 aliphatic rings. The van der Waals surface area contributed by atoms with Crippen LogP contribution in [0.25, 0.3) is 176 Å². The number of hydrogen-bond acceptors (Lipinski definition) is 8. The van der Waals surface area contributed by atoms with Gasteiger partial charge in [0.1, 0.15) is 28.2 Å². The Kier molecular flexibility index (Phi) is 18.7. The Morgan fingerprint density at radius 1 is 0.310 bits per heavy atom. The molecule has 0 spiro atoms. The second kappa shape index (κ2) is 29.6. The molecule has 12 aromatic heterocycles. The summed E-state index contributed by atoms with van der Waals surface area (Å²) < 4.78 is 34.3. The first-order valence-corrected chi connectivity index (χ1v) is 41.1. The SMILES string of the molecule is Cc1ccc(-c2c(C)ccc3c2oc2ncc4ccccc4c23)[n+](C)c1.Cc1ccc2c(oc3ncc4ccccc4c32)c1-c1cc(C(C)(C)C)cc[n+]1C.Cc1ccc2c(oc3ncc4ccccc4c32)c1-c1cc(C2CCCC2)cc[n+]1C.Cc1ccc2c(oc3ncc4ccccc4c32)c1-c1cc(C2CCCCC2)cc[n+]1C. The molecule has 0 atom stereocenters. The van der Waals surface area contributed by atoms with Crippen molar-refractivity contribution >= 4 is 131 Å². The zero-order chi connectivity index (χ0) is 79.4. The van der Waals surface area contributed by atoms with E-state index in [1.807, 2.05) is 36.9 Å². The van der Waals surface area contributed by atoms with Crippen molar-refractivity contribution in [1.82, 2.24) is 19.9 Å². The van der Waals surface area contributed by atoms with E-state index in [0.29, 0.717) is 34.7 Å². The van der Waals surface area contributed by atoms with Crippen LogP contribution in [-0.2, 0) is 33.6 Å². The van der Waals surface area contributed by atoms with E-state index in [2.05, 4.69) is 329 Å². The van der Waals surface area contributed by atoms with Gasteiger partial charge in [-0.3, -0.25) is 0 Å². The zero-order valence-corrected chi connectivity index (χ0v) is 68.3. The molecule has 12 heterocycles. The topological polar surface area (TPSA) is 120 Å². The first-order chi connectivity index (χ1) is 56.4. The number of hydrogen-bond donors (Lipinski definition) is 0. The van der Waals surface area contributed by atoms with Gasteiger partial charge in [-0.15, -0.1) is 0 Å². The summed E-state index contributed by atoms with van der Waals surface area (Å²) in [4.78, 5) is 18.5. The number of fused-ring (bicyclic) bond motifs is 20. The molecule has 22 rings (SSSR count). The smallest absolute Gasteiger partial charge is 0.227 e. The highest BCUT2D eigenvalue weighted by Gasteiger charge is 2.31. The standard InChI is InChI=1S/C28H27N2O.C27H25N2O.C26H25N2O.C23H19N2O/c1-18-12-13-23-26-22-11-7-6-10-21(22)17-29-28(26)31-27(23)25(18)24-16-20(14-15-30(24)2)19-8-4-3-5-9-19;1-17-11-12-22-25-21-10-6-5-9-20(21)16-28-27(25)30-26(22)24(17)23-15-19(13-14-29(23)2)18-7-3-4-8-18;1-16-10-11-20-23-19-9-7-6-8-17(19)15-27-25(23)29-24(20)22(16)21-14-18(26(2,3)4)12-13-28(21)5;1-14-8-11-19(25(3)13-14)20-15(2)9-10-18-21-17-7-5-4-6-16(17)12-24-23(21)26-22(18)20/h6-7,10-17,19H,3-5,8-9H2,1-2H3;5-6,9-16,18H,3-4,7-8H2,1-2H3;6-15H,1-5H3;4-13H,1-3H3/q4*+1. The molecular formula is C104H96N8O4+4. The van der Waals surface area contributed by atoms with E-state index >= 15 is 0 Å². The molecule has 116 heavy (non-hydrogen) atoms. The predicted octanol–water partition coefficient (Wildman–Crippen LogP) is 25.0. The Hall–Kier alpha value is -12.8. The van der Waals surface area contributed by atoms with Gasteiger partial charge in [-0.05, 0) is 144 Å². The summed E-state index contributed by atoms with van der Waals surface area (Å²) in [5, 5.41) is 18.2. The van der Waals surface area contributed by atoms with E-state index in [-0.39, 0.29) is 5.41 Å². The quantitative estimate of drug-likeness (QED) is 0.151. The summed E-state index contributed by atoms with van der Waals surface area (Å²) in [6.45, 7) is 17.5. The fraction of sp³-hybridized carbons (Fsp3) is 0.231. The van der Waals surface area contributed by atoms with Crippen molar-refractivity contribution < 1.29 is 35.9 Å². The average molecular weight is 1520 g/mol. The number of aryl methyl sites for hydroxylation is 9. The molecule has 0 N–H and O–H groups in total. The summed E-state index contributed by atoms with van der Waals surface area (Å²) in [6, 6.07) is 69.2. The van der Waals surface area contributed by atoms with Crippen molar-refractivity contribution in [2.45, 2.75) is 130 Å². The number of furan rings is 4. The van der Waals surface area contributed by atoms with Crippen LogP contribution in [-0.4, -0.2) is 19.9 Å². The van der Waals surface area contributed by atoms with Crippen LogP contribution >= 0.6 is 0 Å². The third-order valence-corrected chi connectivity index (χ3v) is 25.0. The van der Waals surface area contributed by atoms with E-state index in [1.165, 1.54) is 146 Å². The second-order valence-electron chi connectivity index (χ2n) is 33.6. The highest BCUT2D eigenvalue weighted by molar-refractivity contribution is 6.23. The molecule has 2 aliphatic carbocycles. The fourth-order valence-corrected chi connectivity index (χ4v) is 18.7. The maximum absolute atomic E-state index is 6.44. The van der Waals surface area contributed by atoms with Gasteiger partial charge in [-0.25, -0.2) is 38.2 Å². The average Bonchev–Trinajstić information content (AvgIpc) is 1.60. The van der Waals surface area contributed by atoms with Gasteiger partial charge >= 0.3 is 0 Å². The zero-order valence-electron chi connectivity index (χ0n) is 68.3. The van der Waals surface area contributed by atoms with Gasteiger partial charge in [0.25, 0.3) is 0 Å². The first kappa shape index (κ1) is 73.4. The molecule has 0 bridgehead atoms. The van der Waals surface area contributed by atoms with Crippen molar-refractivity contribution in [3.8, 4) is 45.0 Å². The Morgan fingerprint density at radius 2 is 0.621 bits per heavy atom. The maximum atomic E-state index is 6.44. The van der Waals surface area contributed by atoms with E-state index in [9.17, 15) is 0 Å². The highest BCUT2D eigenvalue weighted by atomic mass is 16.4. The molecule has 572 valence electrons. The summed E-state index contributed by atoms with van der Waals surface area (Å²) in [6.07, 6.45) is 28.3. The van der Waals surface area contributed by atoms with Gasteiger partial charge in [0.05, 0.1) is 43.8 Å². The monoisotopic (exact) mass is 1520 g/mol. The van der Waals surface area contributed by atoms with Crippen molar-refractivity contribution in [2.24, 2.45) is 28.2 Å². The lowest BCUT2D eigenvalue weighted by Gasteiger charge is -2.21. The molecule has 20 aromatic rings. The van der Waals surface area contributed by atoms with Gasteiger partial charge in [0.15, 0.2) is 47.1 Å². The summed E-state index contributed by atoms with van der Waals surface area (Å²) in [5.41, 5.74) is 26.2. The third kappa shape index (κ3) is 12.9. The van der Waals surface area contributed by atoms with Crippen LogP contribution < -0.4 is 18.3 Å². The Morgan fingerprint density at radius 3 is 0.957 bits per heavy atom. The number of pyridine rings is 8. The lowest BCUT2D eigenvalue weighted by molar-refractivity contribution is -0.660. The molecule has 2 fully saturated rings. The van der Waals surface area contributed by atoms with Gasteiger partial charge in [-0.2, -0.15) is 0 Å². The summed E-state index contributed by atoms with van der Waals surface area (Å²) >= 11 is 0. The van der Waals surface area contributed by atoms with Crippen LogP contribution in [0.4, 0.5) is 0 Å². The number of aromatic nitrogens is 8. The van der Waals surface area contributed by atoms with Crippen molar-refractivity contribution in [1.29, 1.82) is 0 Å². The number of nitrogens with zero attached hydrogens (tertiary/aromatic N) is 8. The molecule has 0 saturated heterocycles. The third-order valence-electron chi connectivity index (χ3n) is 25.0. The van der Waals surface area contributed by atoms with E-state index in [1.54, 1.807) is 0 Å². The molecule has 8 aromatic carbocycles. The van der Waals surface area contributed by atoms with Gasteiger partial charge in [-0.1, -0.05) is 198 Å². The second-order valence-corrected chi connectivity index (χ2v) is 33.6. The summed E-state index contributed by atoms with van der Waals surface area (Å²) in [5.74, 6) is 1.36. The summed E-state index contributed by atoms with van der Waals surface area (Å²) in [7, 11) is 8.43. The largest absolute Gasteiger partial charge is 0.437 e. The van der Waals surface area contributed by atoms with Crippen molar-refractivity contribution in [3.63, 3.8) is 0 Å². The van der Waals surface area contributed by atoms with Crippen LogP contribution in [0.2, 0.25) is 0 Å². The lowest BCUT2D eigenvalue weighted by Crippen LogP contribution is -2.32. The van der Waals surface area contributed by atoms with Crippen LogP contribution in [0.1, 0.15) is 135 Å². The minimum Gasteiger partial charge on any atom is -0.437 e. The van der Waals surface area contributed by atoms with E-state index in [4.69, 9.17) is 17.7 Å². The molecular weight excluding hydrogens is 1430 g/mol. The molecule has 0 unspecified atom stereocenters. The Labute approximate surface area is 675 Å². The maximum Gasteiger partial charge on any atom is 0.227 e. The molecule has 0 amide bonds. The van der Waals surface area contributed by atoms with Crippen molar-refractivity contribution in [2.75, 3.05) is 0 Å². The van der Waals surface area contributed by atoms with Crippen molar-refractivity contribution in [3.05, 3.63) is 288 Å². The van der Waals surface area contributed by atoms with E-state index in [0.717, 1.165) is 109 Å². The minimum atomic E-state index is 0.0798. The van der Waals surface area contributed by atoms with Gasteiger partial charge in [0.2, 0.25) is 45.6 Å². The molecule has 12 heteroatoms. The number of benzene rings is 8. The molecule has 2 saturated carbocycles. The fourth-order valence-electron chi connectivity index (χ4n) is 18.7. The van der Waals surface area contributed by atoms with Crippen LogP contribution in [0.15, 0.2) is 261 Å². The minimum absolute atomic E-state index is 0.0798. The van der Waals surface area contributed by atoms with Crippen LogP contribution in [0.3, 0.4) is 0 Å². The predicted molar refractivity (Wildman–Crippen MR) is 472 cm³/mol. The lowest BCUT2D eigenvalue weighted by atomic mass is 9.84. The first-order valence-electron chi connectivity index (χ1n) is 41.1. The Bertz CT molecular complexity index is 7320. The highest BCUT2D eigenvalue weighted by Crippen LogP contribution is 2.46. The molecule has 0 radical (unpaired) electrons.